The van der Waals surface area contributed by atoms with E-state index in [1.54, 1.807) is 0 Å². The Kier molecular flexibility index (Phi) is 7.00. The molecule has 3 rings (SSSR count). The van der Waals surface area contributed by atoms with Crippen molar-refractivity contribution < 1.29 is 30.3 Å². The summed E-state index contributed by atoms with van der Waals surface area (Å²) in [5, 5.41) is 51.7. The molecule has 0 amide bonds. The van der Waals surface area contributed by atoms with Crippen LogP contribution in [0.15, 0.2) is 12.5 Å². The quantitative estimate of drug-likeness (QED) is 0.367. The predicted octanol–water partition coefficient (Wildman–Crippen LogP) is -0.342. The normalized spacial score (nSPS) is 37.1. The average Bonchev–Trinajstić information content (AvgIpc) is 3.30. The number of aromatic nitrogens is 2. The van der Waals surface area contributed by atoms with Gasteiger partial charge in [-0.1, -0.05) is 0 Å². The van der Waals surface area contributed by atoms with Gasteiger partial charge < -0.3 is 30.8 Å². The Morgan fingerprint density at radius 3 is 2.71 bits per heavy atom. The van der Waals surface area contributed by atoms with Gasteiger partial charge in [0.1, 0.15) is 12.4 Å². The lowest BCUT2D eigenvalue weighted by Gasteiger charge is -2.42. The highest BCUT2D eigenvalue weighted by atomic mass is 32.2. The van der Waals surface area contributed by atoms with Crippen LogP contribution >= 0.6 is 11.8 Å². The fourth-order valence-corrected chi connectivity index (χ4v) is 5.94. The number of carboxylic acid groups (broad SMARTS) is 1. The van der Waals surface area contributed by atoms with Crippen molar-refractivity contribution in [3.8, 4) is 0 Å². The minimum Gasteiger partial charge on any atom is -0.464 e. The molecular weight excluding hydrogens is 386 g/mol. The first-order valence-electron chi connectivity index (χ1n) is 9.62. The zero-order valence-electron chi connectivity index (χ0n) is 15.8. The molecule has 9 nitrogen and oxygen atoms in total. The molecule has 1 saturated carbocycles. The van der Waals surface area contributed by atoms with Crippen LogP contribution in [0.25, 0.3) is 0 Å². The highest BCUT2D eigenvalue weighted by Crippen LogP contribution is 2.42. The zero-order chi connectivity index (χ0) is 20.4. The first kappa shape index (κ1) is 21.5. The summed E-state index contributed by atoms with van der Waals surface area (Å²) in [6.45, 7) is 1.79. The zero-order valence-corrected chi connectivity index (χ0v) is 16.6. The number of imidazole rings is 1. The number of hydrogen-bond acceptors (Lipinski definition) is 8. The average molecular weight is 416 g/mol. The number of nitrogens with zero attached hydrogens (tertiary/aromatic N) is 2. The van der Waals surface area contributed by atoms with Gasteiger partial charge in [0.15, 0.2) is 0 Å². The SMILES string of the molecule is C[C@H](Cc1cn(C(=O)O)cn1)NC1CCC([C@@H]2S[C@H](CO)[C@H](O)[C@H](O)[C@H]2O)C1. The van der Waals surface area contributed by atoms with Crippen LogP contribution in [-0.4, -0.2) is 88.7 Å². The number of aliphatic hydroxyl groups is 4. The van der Waals surface area contributed by atoms with Gasteiger partial charge in [-0.2, -0.15) is 0 Å². The summed E-state index contributed by atoms with van der Waals surface area (Å²) in [7, 11) is 0. The molecule has 28 heavy (non-hydrogen) atoms. The van der Waals surface area contributed by atoms with Gasteiger partial charge in [-0.15, -0.1) is 11.8 Å². The Balaban J connectivity index is 1.52. The van der Waals surface area contributed by atoms with Gasteiger partial charge >= 0.3 is 6.09 Å². The second kappa shape index (κ2) is 9.10. The van der Waals surface area contributed by atoms with Gasteiger partial charge in [-0.25, -0.2) is 14.3 Å². The first-order chi connectivity index (χ1) is 13.3. The van der Waals surface area contributed by atoms with E-state index in [-0.39, 0.29) is 29.9 Å². The molecule has 2 heterocycles. The van der Waals surface area contributed by atoms with E-state index in [0.717, 1.165) is 23.8 Å². The molecule has 1 aromatic heterocycles. The van der Waals surface area contributed by atoms with E-state index in [0.29, 0.717) is 12.1 Å². The lowest BCUT2D eigenvalue weighted by molar-refractivity contribution is -0.0744. The summed E-state index contributed by atoms with van der Waals surface area (Å²) in [5.41, 5.74) is 0.707. The molecule has 1 saturated heterocycles. The molecule has 1 aliphatic carbocycles. The molecule has 1 aromatic rings. The fourth-order valence-electron chi connectivity index (χ4n) is 4.33. The van der Waals surface area contributed by atoms with Gasteiger partial charge in [0, 0.05) is 30.0 Å². The van der Waals surface area contributed by atoms with Gasteiger partial charge in [-0.3, -0.25) is 0 Å². The summed E-state index contributed by atoms with van der Waals surface area (Å²) in [6, 6.07) is 0.369. The largest absolute Gasteiger partial charge is 0.464 e. The van der Waals surface area contributed by atoms with Crippen molar-refractivity contribution in [2.24, 2.45) is 5.92 Å². The van der Waals surface area contributed by atoms with Gasteiger partial charge in [0.25, 0.3) is 0 Å². The van der Waals surface area contributed by atoms with Crippen molar-refractivity contribution in [1.82, 2.24) is 14.9 Å². The molecule has 6 N–H and O–H groups in total. The van der Waals surface area contributed by atoms with Crippen LogP contribution in [0.5, 0.6) is 0 Å². The van der Waals surface area contributed by atoms with E-state index in [2.05, 4.69) is 10.3 Å². The van der Waals surface area contributed by atoms with E-state index in [4.69, 9.17) is 5.11 Å². The Labute approximate surface area is 167 Å². The van der Waals surface area contributed by atoms with Crippen LogP contribution in [-0.2, 0) is 6.42 Å². The van der Waals surface area contributed by atoms with Crippen molar-refractivity contribution in [2.75, 3.05) is 6.61 Å². The standard InChI is InChI=1S/C18H29N3O6S/c1-9(4-12-6-21(8-19-12)18(26)27)20-11-3-2-10(5-11)17-16(25)15(24)14(23)13(7-22)28-17/h6,8-11,13-17,20,22-25H,2-5,7H2,1H3,(H,26,27)/t9-,10?,11?,13-,14+,15+,16-,17+/m1/s1. The Morgan fingerprint density at radius 1 is 1.32 bits per heavy atom. The summed E-state index contributed by atoms with van der Waals surface area (Å²) in [6.07, 6.45) is 1.64. The van der Waals surface area contributed by atoms with Crippen LogP contribution in [0.3, 0.4) is 0 Å². The summed E-state index contributed by atoms with van der Waals surface area (Å²) in [5.74, 6) is 0.187. The Morgan fingerprint density at radius 2 is 2.07 bits per heavy atom. The second-order valence-electron chi connectivity index (χ2n) is 7.89. The monoisotopic (exact) mass is 415 g/mol. The molecule has 1 aliphatic heterocycles. The molecule has 2 aliphatic rings. The molecule has 0 bridgehead atoms. The molecule has 0 aromatic carbocycles. The third-order valence-corrected chi connectivity index (χ3v) is 7.52. The highest BCUT2D eigenvalue weighted by Gasteiger charge is 2.47. The van der Waals surface area contributed by atoms with Crippen molar-refractivity contribution in [3.05, 3.63) is 18.2 Å². The fraction of sp³-hybridized carbons (Fsp3) is 0.778. The second-order valence-corrected chi connectivity index (χ2v) is 9.31. The number of carbonyl (C=O) groups is 1. The number of nitrogens with one attached hydrogen (secondary N) is 1. The van der Waals surface area contributed by atoms with E-state index in [9.17, 15) is 25.2 Å². The molecule has 10 heteroatoms. The van der Waals surface area contributed by atoms with Crippen LogP contribution < -0.4 is 5.32 Å². The van der Waals surface area contributed by atoms with Crippen molar-refractivity contribution in [3.63, 3.8) is 0 Å². The van der Waals surface area contributed by atoms with Gasteiger partial charge in [0.2, 0.25) is 0 Å². The molecule has 158 valence electrons. The van der Waals surface area contributed by atoms with Crippen LogP contribution in [0.1, 0.15) is 31.9 Å². The number of aliphatic hydroxyl groups excluding tert-OH is 4. The molecule has 2 unspecified atom stereocenters. The van der Waals surface area contributed by atoms with Crippen LogP contribution in [0.4, 0.5) is 4.79 Å². The minimum absolute atomic E-state index is 0.113. The summed E-state index contributed by atoms with van der Waals surface area (Å²) < 4.78 is 1.03. The van der Waals surface area contributed by atoms with Crippen LogP contribution in [0, 0.1) is 5.92 Å². The van der Waals surface area contributed by atoms with Crippen LogP contribution in [0.2, 0.25) is 0 Å². The number of rotatable bonds is 6. The molecule has 0 spiro atoms. The minimum atomic E-state index is -1.24. The Hall–Kier alpha value is -1.17. The molecule has 8 atom stereocenters. The third kappa shape index (κ3) is 4.69. The molecular formula is C18H29N3O6S. The van der Waals surface area contributed by atoms with E-state index >= 15 is 0 Å². The maximum Gasteiger partial charge on any atom is 0.416 e. The third-order valence-electron chi connectivity index (χ3n) is 5.76. The maximum absolute atomic E-state index is 10.9. The predicted molar refractivity (Wildman–Crippen MR) is 103 cm³/mol. The molecule has 0 radical (unpaired) electrons. The Bertz CT molecular complexity index is 672. The van der Waals surface area contributed by atoms with E-state index < -0.39 is 29.7 Å². The van der Waals surface area contributed by atoms with Gasteiger partial charge in [0.05, 0.1) is 29.8 Å². The molecule has 2 fully saturated rings. The highest BCUT2D eigenvalue weighted by molar-refractivity contribution is 8.00. The van der Waals surface area contributed by atoms with E-state index in [1.807, 2.05) is 6.92 Å². The van der Waals surface area contributed by atoms with Crippen molar-refractivity contribution in [1.29, 1.82) is 0 Å². The number of thioether (sulfide) groups is 1. The van der Waals surface area contributed by atoms with Gasteiger partial charge in [-0.05, 0) is 32.1 Å². The van der Waals surface area contributed by atoms with Crippen molar-refractivity contribution >= 4 is 17.9 Å². The van der Waals surface area contributed by atoms with Crippen molar-refractivity contribution in [2.45, 2.75) is 73.5 Å². The topological polar surface area (TPSA) is 148 Å². The first-order valence-corrected chi connectivity index (χ1v) is 10.6. The summed E-state index contributed by atoms with van der Waals surface area (Å²) in [4.78, 5) is 15.0. The lowest BCUT2D eigenvalue weighted by Crippen LogP contribution is -2.55. The summed E-state index contributed by atoms with van der Waals surface area (Å²) >= 11 is 1.37. The number of hydrogen-bond donors (Lipinski definition) is 6. The van der Waals surface area contributed by atoms with E-state index in [1.165, 1.54) is 24.3 Å². The lowest BCUT2D eigenvalue weighted by atomic mass is 9.92. The maximum atomic E-state index is 10.9. The smallest absolute Gasteiger partial charge is 0.416 e.